The van der Waals surface area contributed by atoms with E-state index in [9.17, 15) is 9.59 Å². The van der Waals surface area contributed by atoms with Crippen molar-refractivity contribution >= 4 is 11.9 Å². The van der Waals surface area contributed by atoms with E-state index >= 15 is 0 Å². The highest BCUT2D eigenvalue weighted by molar-refractivity contribution is 5.70. The minimum Gasteiger partial charge on any atom is -0.462 e. The number of allylic oxidation sites excluding steroid dienone is 4. The lowest BCUT2D eigenvalue weighted by Crippen LogP contribution is -2.30. The molecule has 0 bridgehead atoms. The Balaban J connectivity index is 4.22. The minimum atomic E-state index is -0.535. The van der Waals surface area contributed by atoms with Crippen molar-refractivity contribution in [2.45, 2.75) is 374 Å². The van der Waals surface area contributed by atoms with E-state index in [-0.39, 0.29) is 18.5 Å². The molecule has 0 amide bonds. The molecule has 0 saturated heterocycles. The lowest BCUT2D eigenvalue weighted by atomic mass is 10.0. The summed E-state index contributed by atoms with van der Waals surface area (Å²) in [6, 6.07) is 0. The molecule has 1 atom stereocenters. The average molecular weight is 1010 g/mol. The molecule has 5 heteroatoms. The van der Waals surface area contributed by atoms with Crippen LogP contribution in [0.2, 0.25) is 0 Å². The first kappa shape index (κ1) is 70.4. The van der Waals surface area contributed by atoms with Crippen molar-refractivity contribution in [3.8, 4) is 0 Å². The number of hydrogen-bond donors (Lipinski definition) is 0. The SMILES string of the molecule is CCCCCCCC/C=C\CCCCCCCCCCCC(=O)OCC(COCCCCCCCCCCCCCCCCCCCCCC)OC(=O)CCCCCCCCC/C=C\CCCCCCCC. The molecule has 426 valence electrons. The van der Waals surface area contributed by atoms with E-state index in [4.69, 9.17) is 14.2 Å². The molecule has 1 unspecified atom stereocenters. The van der Waals surface area contributed by atoms with Crippen LogP contribution in [0.25, 0.3) is 0 Å². The Morgan fingerprint density at radius 1 is 0.292 bits per heavy atom. The van der Waals surface area contributed by atoms with Gasteiger partial charge in [-0.1, -0.05) is 308 Å². The second-order valence-corrected chi connectivity index (χ2v) is 22.4. The maximum Gasteiger partial charge on any atom is 0.306 e. The molecule has 5 nitrogen and oxygen atoms in total. The summed E-state index contributed by atoms with van der Waals surface area (Å²) in [5.41, 5.74) is 0. The molecule has 0 aromatic carbocycles. The molecule has 0 heterocycles. The fourth-order valence-electron chi connectivity index (χ4n) is 10.0. The quantitative estimate of drug-likeness (QED) is 0.0345. The van der Waals surface area contributed by atoms with Crippen molar-refractivity contribution in [1.82, 2.24) is 0 Å². The first-order valence-corrected chi connectivity index (χ1v) is 32.9. The molecule has 0 fully saturated rings. The van der Waals surface area contributed by atoms with Crippen molar-refractivity contribution in [1.29, 1.82) is 0 Å². The van der Waals surface area contributed by atoms with E-state index in [2.05, 4.69) is 45.1 Å². The highest BCUT2D eigenvalue weighted by atomic mass is 16.6. The molecule has 72 heavy (non-hydrogen) atoms. The molecule has 0 radical (unpaired) electrons. The molecule has 0 aliphatic rings. The van der Waals surface area contributed by atoms with Gasteiger partial charge in [-0.15, -0.1) is 0 Å². The fourth-order valence-corrected chi connectivity index (χ4v) is 10.0. The number of ether oxygens (including phenoxy) is 3. The zero-order chi connectivity index (χ0) is 52.0. The normalized spacial score (nSPS) is 12.2. The molecule has 0 aliphatic heterocycles. The van der Waals surface area contributed by atoms with Crippen LogP contribution in [0.4, 0.5) is 0 Å². The van der Waals surface area contributed by atoms with Crippen LogP contribution in [0.5, 0.6) is 0 Å². The molecule has 0 N–H and O–H groups in total. The average Bonchev–Trinajstić information content (AvgIpc) is 3.38. The van der Waals surface area contributed by atoms with E-state index in [1.165, 1.54) is 302 Å². The zero-order valence-corrected chi connectivity index (χ0v) is 49.2. The minimum absolute atomic E-state index is 0.0903. The second-order valence-electron chi connectivity index (χ2n) is 22.4. The van der Waals surface area contributed by atoms with Crippen molar-refractivity contribution in [2.24, 2.45) is 0 Å². The van der Waals surface area contributed by atoms with Gasteiger partial charge in [-0.2, -0.15) is 0 Å². The Morgan fingerprint density at radius 2 is 0.542 bits per heavy atom. The first-order valence-electron chi connectivity index (χ1n) is 32.9. The van der Waals surface area contributed by atoms with Gasteiger partial charge in [-0.25, -0.2) is 0 Å². The Morgan fingerprint density at radius 3 is 0.847 bits per heavy atom. The predicted molar refractivity (Wildman–Crippen MR) is 316 cm³/mol. The smallest absolute Gasteiger partial charge is 0.306 e. The van der Waals surface area contributed by atoms with Crippen LogP contribution in [0, 0.1) is 0 Å². The lowest BCUT2D eigenvalue weighted by Gasteiger charge is -2.18. The summed E-state index contributed by atoms with van der Waals surface area (Å²) < 4.78 is 17.6. The highest BCUT2D eigenvalue weighted by Gasteiger charge is 2.18. The van der Waals surface area contributed by atoms with Gasteiger partial charge in [0.05, 0.1) is 6.61 Å². The van der Waals surface area contributed by atoms with Crippen LogP contribution < -0.4 is 0 Å². The maximum absolute atomic E-state index is 12.9. The molecule has 0 spiro atoms. The van der Waals surface area contributed by atoms with E-state index in [0.29, 0.717) is 26.1 Å². The summed E-state index contributed by atoms with van der Waals surface area (Å²) in [5, 5.41) is 0. The van der Waals surface area contributed by atoms with Crippen LogP contribution in [-0.2, 0) is 23.8 Å². The molecule has 0 rings (SSSR count). The highest BCUT2D eigenvalue weighted by Crippen LogP contribution is 2.18. The lowest BCUT2D eigenvalue weighted by molar-refractivity contribution is -0.163. The summed E-state index contributed by atoms with van der Waals surface area (Å²) in [7, 11) is 0. The van der Waals surface area contributed by atoms with Crippen LogP contribution in [-0.4, -0.2) is 37.9 Å². The zero-order valence-electron chi connectivity index (χ0n) is 49.2. The summed E-state index contributed by atoms with van der Waals surface area (Å²) in [6.07, 6.45) is 77.9. The van der Waals surface area contributed by atoms with Crippen molar-refractivity contribution in [3.05, 3.63) is 24.3 Å². The Kier molecular flexibility index (Phi) is 62.2. The molecular formula is C67H128O5. The summed E-state index contributed by atoms with van der Waals surface area (Å²) in [6.45, 7) is 7.91. The van der Waals surface area contributed by atoms with Gasteiger partial charge in [0.25, 0.3) is 0 Å². The summed E-state index contributed by atoms with van der Waals surface area (Å²) in [5.74, 6) is -0.378. The van der Waals surface area contributed by atoms with Crippen LogP contribution in [0.3, 0.4) is 0 Å². The van der Waals surface area contributed by atoms with Gasteiger partial charge >= 0.3 is 11.9 Å². The topological polar surface area (TPSA) is 61.8 Å². The van der Waals surface area contributed by atoms with E-state index in [1.54, 1.807) is 0 Å². The van der Waals surface area contributed by atoms with Crippen molar-refractivity contribution in [3.63, 3.8) is 0 Å². The monoisotopic (exact) mass is 1010 g/mol. The van der Waals surface area contributed by atoms with Gasteiger partial charge in [-0.05, 0) is 70.6 Å². The number of carbonyl (C=O) groups excluding carboxylic acids is 2. The Bertz CT molecular complexity index is 1100. The van der Waals surface area contributed by atoms with Crippen molar-refractivity contribution < 1.29 is 23.8 Å². The van der Waals surface area contributed by atoms with Gasteiger partial charge in [0.2, 0.25) is 0 Å². The van der Waals surface area contributed by atoms with Gasteiger partial charge in [-0.3, -0.25) is 9.59 Å². The molecular weight excluding hydrogens is 885 g/mol. The number of hydrogen-bond acceptors (Lipinski definition) is 5. The predicted octanol–water partition coefficient (Wildman–Crippen LogP) is 22.7. The van der Waals surface area contributed by atoms with Gasteiger partial charge in [0.1, 0.15) is 6.61 Å². The molecule has 0 aromatic rings. The van der Waals surface area contributed by atoms with Gasteiger partial charge in [0, 0.05) is 19.4 Å². The summed E-state index contributed by atoms with van der Waals surface area (Å²) >= 11 is 0. The van der Waals surface area contributed by atoms with Crippen LogP contribution >= 0.6 is 0 Å². The molecule has 0 aliphatic carbocycles. The molecule has 0 aromatic heterocycles. The third kappa shape index (κ3) is 60.9. The Hall–Kier alpha value is -1.62. The maximum atomic E-state index is 12.9. The number of esters is 2. The molecule has 0 saturated carbocycles. The van der Waals surface area contributed by atoms with E-state index in [1.807, 2.05) is 0 Å². The summed E-state index contributed by atoms with van der Waals surface area (Å²) in [4.78, 5) is 25.6. The van der Waals surface area contributed by atoms with E-state index in [0.717, 1.165) is 32.1 Å². The van der Waals surface area contributed by atoms with Crippen molar-refractivity contribution in [2.75, 3.05) is 19.8 Å². The van der Waals surface area contributed by atoms with E-state index < -0.39 is 6.10 Å². The standard InChI is InChI=1S/C67H128O5/c1-4-7-10-13-16-19-22-25-28-31-33-35-38-41-44-47-50-53-56-59-62-70-63-65(72-67(69)61-58-55-52-49-46-43-40-36-30-27-24-21-18-15-12-9-6-3)64-71-66(68)60-57-54-51-48-45-42-39-37-34-32-29-26-23-20-17-14-11-8-5-2/h26-27,29-30,65H,4-25,28,31-64H2,1-3H3/b29-26-,30-27-. The Labute approximate surface area is 451 Å². The van der Waals surface area contributed by atoms with Gasteiger partial charge < -0.3 is 14.2 Å². The van der Waals surface area contributed by atoms with Crippen LogP contribution in [0.15, 0.2) is 24.3 Å². The number of unbranched alkanes of at least 4 members (excludes halogenated alkanes) is 47. The number of carbonyl (C=O) groups is 2. The fraction of sp³-hybridized carbons (Fsp3) is 0.910. The van der Waals surface area contributed by atoms with Gasteiger partial charge in [0.15, 0.2) is 6.10 Å². The second kappa shape index (κ2) is 63.7. The first-order chi connectivity index (χ1) is 35.6. The third-order valence-corrected chi connectivity index (χ3v) is 15.0. The number of rotatable bonds is 62. The van der Waals surface area contributed by atoms with Crippen LogP contribution in [0.1, 0.15) is 367 Å². The third-order valence-electron chi connectivity index (χ3n) is 15.0. The largest absolute Gasteiger partial charge is 0.462 e.